The Morgan fingerprint density at radius 2 is 1.75 bits per heavy atom. The van der Waals surface area contributed by atoms with Crippen LogP contribution in [-0.4, -0.2) is 75.6 Å². The minimum absolute atomic E-state index is 0.0183. The van der Waals surface area contributed by atoms with Crippen LogP contribution >= 0.6 is 11.6 Å². The number of carbonyl (C=O) groups is 3. The van der Waals surface area contributed by atoms with E-state index >= 15 is 0 Å². The van der Waals surface area contributed by atoms with Crippen molar-refractivity contribution >= 4 is 40.1 Å². The van der Waals surface area contributed by atoms with E-state index in [9.17, 15) is 29.7 Å². The summed E-state index contributed by atoms with van der Waals surface area (Å²) in [6.07, 6.45) is -3.43. The molecule has 3 heterocycles. The second-order valence-corrected chi connectivity index (χ2v) is 6.96. The fraction of sp³-hybridized carbons (Fsp3) is 0.500. The number of imidazole rings is 1. The maximum atomic E-state index is 12.4. The number of Topliss-reactive ketones (excluding diaryl/α,β-unsaturated/α-hetero) is 3. The zero-order valence-corrected chi connectivity index (χ0v) is 15.8. The van der Waals surface area contributed by atoms with Crippen LogP contribution in [0.25, 0.3) is 11.2 Å². The van der Waals surface area contributed by atoms with Crippen molar-refractivity contribution in [3.05, 3.63) is 17.8 Å². The molecule has 1 fully saturated rings. The number of fused-ring (bicyclic) bond motifs is 1. The minimum atomic E-state index is -2.91. The highest BCUT2D eigenvalue weighted by atomic mass is 35.5. The number of aliphatic hydroxyl groups excluding tert-OH is 1. The number of carbonyl (C=O) groups excluding carboxylic acids is 3. The first-order valence-corrected chi connectivity index (χ1v) is 8.49. The lowest BCUT2D eigenvalue weighted by Gasteiger charge is -2.37. The first-order chi connectivity index (χ1) is 13.0. The summed E-state index contributed by atoms with van der Waals surface area (Å²) in [5.41, 5.74) is -5.62. The zero-order chi connectivity index (χ0) is 21.0. The number of nitrogens with zero attached hydrogens (tertiary/aromatic N) is 4. The van der Waals surface area contributed by atoms with Crippen LogP contribution in [0.4, 0.5) is 0 Å². The van der Waals surface area contributed by atoms with Crippen LogP contribution in [0, 0.1) is 0 Å². The van der Waals surface area contributed by atoms with E-state index in [4.69, 9.17) is 16.3 Å². The summed E-state index contributed by atoms with van der Waals surface area (Å²) in [6.45, 7) is 2.85. The van der Waals surface area contributed by atoms with Gasteiger partial charge in [0.1, 0.15) is 24.1 Å². The second kappa shape index (κ2) is 6.64. The van der Waals surface area contributed by atoms with Gasteiger partial charge in [-0.05, 0) is 20.8 Å². The highest BCUT2D eigenvalue weighted by Gasteiger charge is 2.73. The number of aromatic nitrogens is 4. The number of ketones is 3. The first-order valence-electron chi connectivity index (χ1n) is 8.11. The quantitative estimate of drug-likeness (QED) is 0.517. The van der Waals surface area contributed by atoms with Crippen molar-refractivity contribution in [1.29, 1.82) is 0 Å². The number of rotatable bonds is 5. The Morgan fingerprint density at radius 1 is 1.14 bits per heavy atom. The van der Waals surface area contributed by atoms with E-state index in [-0.39, 0.29) is 16.3 Å². The molecular formula is C16H17ClN4O7. The highest BCUT2D eigenvalue weighted by molar-refractivity contribution is 6.33. The van der Waals surface area contributed by atoms with E-state index in [0.29, 0.717) is 0 Å². The number of aliphatic hydroxyl groups is 3. The molecule has 2 aromatic rings. The third-order valence-electron chi connectivity index (χ3n) is 4.97. The Balaban J connectivity index is 2.28. The minimum Gasteiger partial charge on any atom is -0.382 e. The molecule has 11 nitrogen and oxygen atoms in total. The van der Waals surface area contributed by atoms with Crippen LogP contribution < -0.4 is 0 Å². The van der Waals surface area contributed by atoms with E-state index in [1.807, 2.05) is 0 Å². The number of hydrogen-bond acceptors (Lipinski definition) is 10. The van der Waals surface area contributed by atoms with Gasteiger partial charge in [-0.2, -0.15) is 0 Å². The fourth-order valence-electron chi connectivity index (χ4n) is 3.43. The molecule has 1 aliphatic rings. The van der Waals surface area contributed by atoms with Gasteiger partial charge in [0.05, 0.1) is 6.33 Å². The summed E-state index contributed by atoms with van der Waals surface area (Å²) < 4.78 is 6.61. The van der Waals surface area contributed by atoms with Gasteiger partial charge in [0.2, 0.25) is 5.60 Å². The monoisotopic (exact) mass is 412 g/mol. The van der Waals surface area contributed by atoms with Gasteiger partial charge in [-0.25, -0.2) is 15.0 Å². The van der Waals surface area contributed by atoms with Crippen molar-refractivity contribution in [2.24, 2.45) is 0 Å². The standard InChI is InChI=1S/C16H17ClN4O7/c1-6(22)10(25)11-15(26,7(2)23)16(27,8(3)24)14(28-11)21-5-20-9-12(17)18-4-19-13(9)21/h4-5,10-11,14,25-27H,1-3H3/t10?,11-,14-,15-,16-/m1/s1. The Hall–Kier alpha value is -2.31. The molecule has 0 saturated carbocycles. The van der Waals surface area contributed by atoms with Crippen LogP contribution in [0.5, 0.6) is 0 Å². The molecule has 3 rings (SSSR count). The van der Waals surface area contributed by atoms with Gasteiger partial charge >= 0.3 is 0 Å². The molecule has 150 valence electrons. The Bertz CT molecular complexity index is 995. The SMILES string of the molecule is CC(=O)C(O)[C@H]1O[C@@H](n2cnc3c(Cl)ncnc32)[C@](O)(C(C)=O)[C@@]1(O)C(C)=O. The molecule has 1 aliphatic heterocycles. The molecular weight excluding hydrogens is 396 g/mol. The van der Waals surface area contributed by atoms with Crippen LogP contribution in [0.2, 0.25) is 5.15 Å². The first kappa shape index (κ1) is 20.4. The van der Waals surface area contributed by atoms with Gasteiger partial charge in [-0.15, -0.1) is 0 Å². The molecule has 0 aromatic carbocycles. The maximum absolute atomic E-state index is 12.4. The zero-order valence-electron chi connectivity index (χ0n) is 15.0. The largest absolute Gasteiger partial charge is 0.382 e. The molecule has 0 bridgehead atoms. The van der Waals surface area contributed by atoms with Crippen LogP contribution in [-0.2, 0) is 19.1 Å². The summed E-state index contributed by atoms with van der Waals surface area (Å²) in [7, 11) is 0. The molecule has 5 atom stereocenters. The van der Waals surface area contributed by atoms with Crippen LogP contribution in [0.1, 0.15) is 27.0 Å². The molecule has 12 heteroatoms. The highest BCUT2D eigenvalue weighted by Crippen LogP contribution is 2.48. The lowest BCUT2D eigenvalue weighted by Crippen LogP contribution is -2.67. The van der Waals surface area contributed by atoms with E-state index in [1.165, 1.54) is 0 Å². The summed E-state index contributed by atoms with van der Waals surface area (Å²) in [4.78, 5) is 48.2. The number of halogens is 1. The van der Waals surface area contributed by atoms with Gasteiger partial charge in [0, 0.05) is 0 Å². The topological polar surface area (TPSA) is 165 Å². The molecule has 1 unspecified atom stereocenters. The van der Waals surface area contributed by atoms with E-state index in [1.54, 1.807) is 0 Å². The Kier molecular flexibility index (Phi) is 4.84. The van der Waals surface area contributed by atoms with Crippen molar-refractivity contribution in [3.63, 3.8) is 0 Å². The van der Waals surface area contributed by atoms with Gasteiger partial charge in [0.15, 0.2) is 40.0 Å². The van der Waals surface area contributed by atoms with Gasteiger partial charge in [-0.1, -0.05) is 11.6 Å². The normalized spacial score (nSPS) is 31.1. The molecule has 28 heavy (non-hydrogen) atoms. The molecule has 0 radical (unpaired) electrons. The van der Waals surface area contributed by atoms with Crippen LogP contribution in [0.3, 0.4) is 0 Å². The Labute approximate surface area is 162 Å². The number of ether oxygens (including phenoxy) is 1. The summed E-state index contributed by atoms with van der Waals surface area (Å²) in [5, 5.41) is 32.5. The predicted octanol–water partition coefficient (Wildman–Crippen LogP) is -1.03. The van der Waals surface area contributed by atoms with E-state index in [0.717, 1.165) is 38.0 Å². The fourth-order valence-corrected chi connectivity index (χ4v) is 3.61. The third kappa shape index (κ3) is 2.51. The lowest BCUT2D eigenvalue weighted by molar-refractivity contribution is -0.184. The van der Waals surface area contributed by atoms with E-state index < -0.39 is 47.0 Å². The smallest absolute Gasteiger partial charge is 0.206 e. The maximum Gasteiger partial charge on any atom is 0.206 e. The van der Waals surface area contributed by atoms with Crippen LogP contribution in [0.15, 0.2) is 12.7 Å². The average Bonchev–Trinajstić information content (AvgIpc) is 3.14. The summed E-state index contributed by atoms with van der Waals surface area (Å²) >= 11 is 5.95. The van der Waals surface area contributed by atoms with E-state index in [2.05, 4.69) is 15.0 Å². The molecule has 0 spiro atoms. The summed E-state index contributed by atoms with van der Waals surface area (Å²) in [5.74, 6) is -2.94. The van der Waals surface area contributed by atoms with Crippen molar-refractivity contribution in [2.75, 3.05) is 0 Å². The van der Waals surface area contributed by atoms with Crippen molar-refractivity contribution in [1.82, 2.24) is 19.5 Å². The van der Waals surface area contributed by atoms with Gasteiger partial charge in [-0.3, -0.25) is 19.0 Å². The molecule has 0 amide bonds. The second-order valence-electron chi connectivity index (χ2n) is 6.60. The Morgan fingerprint density at radius 3 is 2.29 bits per heavy atom. The van der Waals surface area contributed by atoms with Crippen molar-refractivity contribution in [2.45, 2.75) is 50.4 Å². The molecule has 0 aliphatic carbocycles. The average molecular weight is 413 g/mol. The molecule has 1 saturated heterocycles. The van der Waals surface area contributed by atoms with Crippen molar-refractivity contribution in [3.8, 4) is 0 Å². The number of hydrogen-bond donors (Lipinski definition) is 3. The van der Waals surface area contributed by atoms with Crippen molar-refractivity contribution < 1.29 is 34.4 Å². The van der Waals surface area contributed by atoms with Gasteiger partial charge < -0.3 is 20.1 Å². The van der Waals surface area contributed by atoms with Gasteiger partial charge in [0.25, 0.3) is 0 Å². The third-order valence-corrected chi connectivity index (χ3v) is 5.25. The molecule has 3 N–H and O–H groups in total. The lowest BCUT2D eigenvalue weighted by atomic mass is 9.73. The predicted molar refractivity (Wildman–Crippen MR) is 92.2 cm³/mol. The molecule has 2 aromatic heterocycles. The summed E-state index contributed by atoms with van der Waals surface area (Å²) in [6, 6.07) is 0.